The molecule has 5 rings (SSSR count). The second-order valence-corrected chi connectivity index (χ2v) is 8.53. The van der Waals surface area contributed by atoms with Crippen molar-refractivity contribution in [2.45, 2.75) is 39.8 Å². The summed E-state index contributed by atoms with van der Waals surface area (Å²) in [4.78, 5) is 19.7. The zero-order valence-electron chi connectivity index (χ0n) is 17.8. The molecule has 30 heavy (non-hydrogen) atoms. The van der Waals surface area contributed by atoms with Crippen LogP contribution in [0, 0.1) is 13.8 Å². The van der Waals surface area contributed by atoms with Crippen LogP contribution in [0.25, 0.3) is 27.6 Å². The first-order valence-electron chi connectivity index (χ1n) is 10.4. The first-order chi connectivity index (χ1) is 14.4. The van der Waals surface area contributed by atoms with Crippen molar-refractivity contribution in [1.29, 1.82) is 0 Å². The molecule has 3 aromatic heterocycles. The van der Waals surface area contributed by atoms with Crippen molar-refractivity contribution in [1.82, 2.24) is 14.7 Å². The third kappa shape index (κ3) is 3.27. The van der Waals surface area contributed by atoms with Gasteiger partial charge in [0.15, 0.2) is 0 Å². The summed E-state index contributed by atoms with van der Waals surface area (Å²) in [5.41, 5.74) is 5.68. The van der Waals surface area contributed by atoms with Crippen molar-refractivity contribution in [3.05, 3.63) is 64.5 Å². The zero-order chi connectivity index (χ0) is 21.0. The van der Waals surface area contributed by atoms with Gasteiger partial charge in [0.2, 0.25) is 0 Å². The molecule has 6 nitrogen and oxygen atoms in total. The Labute approximate surface area is 175 Å². The lowest BCUT2D eigenvalue weighted by molar-refractivity contribution is 0.407. The van der Waals surface area contributed by atoms with Gasteiger partial charge in [-0.3, -0.25) is 4.98 Å². The lowest BCUT2D eigenvalue weighted by Crippen LogP contribution is -2.54. The van der Waals surface area contributed by atoms with E-state index in [2.05, 4.69) is 35.1 Å². The Morgan fingerprint density at radius 1 is 1.07 bits per heavy atom. The molecular formula is C24H26N4O2. The van der Waals surface area contributed by atoms with Gasteiger partial charge in [-0.15, -0.1) is 0 Å². The first-order valence-corrected chi connectivity index (χ1v) is 10.4. The Kier molecular flexibility index (Phi) is 4.40. The molecule has 4 heterocycles. The van der Waals surface area contributed by atoms with Crippen LogP contribution in [0.2, 0.25) is 0 Å². The summed E-state index contributed by atoms with van der Waals surface area (Å²) in [5.74, 6) is 0. The maximum Gasteiger partial charge on any atom is 0.344 e. The highest BCUT2D eigenvalue weighted by Gasteiger charge is 2.21. The monoisotopic (exact) mass is 402 g/mol. The maximum absolute atomic E-state index is 12.8. The Morgan fingerprint density at radius 2 is 1.83 bits per heavy atom. The summed E-state index contributed by atoms with van der Waals surface area (Å²) < 4.78 is 7.78. The van der Waals surface area contributed by atoms with Gasteiger partial charge < -0.3 is 19.0 Å². The number of nitrogens with zero attached hydrogens (tertiary/aromatic N) is 3. The number of benzene rings is 1. The maximum atomic E-state index is 12.8. The standard InChI is InChI=1S/C24H26N4O2/c1-14-10-27(11-15(2)25-14)20-6-5-18-7-21(24(29)30-23(18)9-20)19-8-22-17(4)26-16(3)12-28(22)13-19/h5-9,12-15,25H,10-11H2,1-4H3/t14-,15+. The van der Waals surface area contributed by atoms with Gasteiger partial charge in [0, 0.05) is 60.3 Å². The molecule has 6 heteroatoms. The molecule has 0 saturated carbocycles. The van der Waals surface area contributed by atoms with Crippen LogP contribution in [0.15, 0.2) is 51.9 Å². The van der Waals surface area contributed by atoms with Crippen LogP contribution in [-0.2, 0) is 0 Å². The number of hydrogen-bond acceptors (Lipinski definition) is 5. The molecule has 1 fully saturated rings. The van der Waals surface area contributed by atoms with E-state index in [0.717, 1.165) is 46.6 Å². The fourth-order valence-electron chi connectivity index (χ4n) is 4.61. The number of piperazine rings is 1. The van der Waals surface area contributed by atoms with E-state index in [1.165, 1.54) is 0 Å². The van der Waals surface area contributed by atoms with Gasteiger partial charge in [-0.25, -0.2) is 4.79 Å². The zero-order valence-corrected chi connectivity index (χ0v) is 17.8. The van der Waals surface area contributed by atoms with Gasteiger partial charge in [0.05, 0.1) is 22.5 Å². The van der Waals surface area contributed by atoms with Crippen LogP contribution >= 0.6 is 0 Å². The van der Waals surface area contributed by atoms with Crippen LogP contribution in [0.4, 0.5) is 5.69 Å². The number of aryl methyl sites for hydroxylation is 2. The third-order valence-corrected chi connectivity index (χ3v) is 5.84. The fourth-order valence-corrected chi connectivity index (χ4v) is 4.61. The van der Waals surface area contributed by atoms with Crippen LogP contribution in [-0.4, -0.2) is 34.6 Å². The Bertz CT molecular complexity index is 1310. The second-order valence-electron chi connectivity index (χ2n) is 8.53. The smallest absolute Gasteiger partial charge is 0.344 e. The molecular weight excluding hydrogens is 376 g/mol. The van der Waals surface area contributed by atoms with Crippen molar-refractivity contribution in [3.8, 4) is 11.1 Å². The van der Waals surface area contributed by atoms with Crippen molar-refractivity contribution in [2.24, 2.45) is 0 Å². The normalized spacial score (nSPS) is 19.7. The summed E-state index contributed by atoms with van der Waals surface area (Å²) in [6.07, 6.45) is 3.93. The van der Waals surface area contributed by atoms with Crippen molar-refractivity contribution < 1.29 is 4.42 Å². The van der Waals surface area contributed by atoms with Gasteiger partial charge in [-0.05, 0) is 52.0 Å². The molecule has 0 spiro atoms. The Hall–Kier alpha value is -3.12. The Morgan fingerprint density at radius 3 is 2.60 bits per heavy atom. The summed E-state index contributed by atoms with van der Waals surface area (Å²) in [6.45, 7) is 10.2. The predicted octanol–water partition coefficient (Wildman–Crippen LogP) is 3.91. The third-order valence-electron chi connectivity index (χ3n) is 5.84. The predicted molar refractivity (Wildman–Crippen MR) is 120 cm³/mol. The van der Waals surface area contributed by atoms with Crippen LogP contribution in [0.3, 0.4) is 0 Å². The van der Waals surface area contributed by atoms with E-state index in [9.17, 15) is 4.79 Å². The molecule has 1 aliphatic heterocycles. The summed E-state index contributed by atoms with van der Waals surface area (Å²) >= 11 is 0. The van der Waals surface area contributed by atoms with Crippen LogP contribution < -0.4 is 15.8 Å². The summed E-state index contributed by atoms with van der Waals surface area (Å²) in [7, 11) is 0. The summed E-state index contributed by atoms with van der Waals surface area (Å²) in [6, 6.07) is 10.9. The lowest BCUT2D eigenvalue weighted by atomic mass is 10.1. The summed E-state index contributed by atoms with van der Waals surface area (Å²) in [5, 5.41) is 4.47. The molecule has 0 unspecified atom stereocenters. The number of rotatable bonds is 2. The number of fused-ring (bicyclic) bond motifs is 2. The van der Waals surface area contributed by atoms with Gasteiger partial charge >= 0.3 is 5.63 Å². The van der Waals surface area contributed by atoms with Crippen molar-refractivity contribution >= 4 is 22.2 Å². The van der Waals surface area contributed by atoms with Crippen LogP contribution in [0.5, 0.6) is 0 Å². The molecule has 1 N–H and O–H groups in total. The fraction of sp³-hybridized carbons (Fsp3) is 0.333. The molecule has 4 aromatic rings. The minimum Gasteiger partial charge on any atom is -0.422 e. The number of anilines is 1. The van der Waals surface area contributed by atoms with Gasteiger partial charge in [0.25, 0.3) is 0 Å². The van der Waals surface area contributed by atoms with E-state index >= 15 is 0 Å². The van der Waals surface area contributed by atoms with E-state index in [-0.39, 0.29) is 5.63 Å². The average molecular weight is 402 g/mol. The van der Waals surface area contributed by atoms with E-state index in [1.54, 1.807) is 0 Å². The number of nitrogens with one attached hydrogen (secondary N) is 1. The van der Waals surface area contributed by atoms with E-state index < -0.39 is 0 Å². The first kappa shape index (κ1) is 18.9. The van der Waals surface area contributed by atoms with Gasteiger partial charge in [-0.1, -0.05) is 0 Å². The van der Waals surface area contributed by atoms with Crippen molar-refractivity contribution in [3.63, 3.8) is 0 Å². The molecule has 0 aliphatic carbocycles. The number of aromatic nitrogens is 2. The van der Waals surface area contributed by atoms with E-state index in [4.69, 9.17) is 4.42 Å². The molecule has 0 bridgehead atoms. The van der Waals surface area contributed by atoms with Crippen molar-refractivity contribution in [2.75, 3.05) is 18.0 Å². The van der Waals surface area contributed by atoms with E-state index in [1.807, 2.05) is 54.9 Å². The highest BCUT2D eigenvalue weighted by molar-refractivity contribution is 5.85. The highest BCUT2D eigenvalue weighted by atomic mass is 16.4. The molecule has 0 radical (unpaired) electrons. The second kappa shape index (κ2) is 6.99. The van der Waals surface area contributed by atoms with E-state index in [0.29, 0.717) is 23.2 Å². The molecule has 1 aliphatic rings. The molecule has 0 amide bonds. The SMILES string of the molecule is Cc1cn2cc(-c3cc4ccc(N5C[C@@H](C)N[C@@H](C)C5)cc4oc3=O)cc2c(C)n1. The quantitative estimate of drug-likeness (QED) is 0.515. The van der Waals surface area contributed by atoms with Gasteiger partial charge in [0.1, 0.15) is 5.58 Å². The average Bonchev–Trinajstić information content (AvgIpc) is 3.10. The van der Waals surface area contributed by atoms with Crippen LogP contribution in [0.1, 0.15) is 25.2 Å². The minimum atomic E-state index is -0.320. The molecule has 154 valence electrons. The van der Waals surface area contributed by atoms with Gasteiger partial charge in [-0.2, -0.15) is 0 Å². The molecule has 2 atom stereocenters. The molecule has 1 aromatic carbocycles. The highest BCUT2D eigenvalue weighted by Crippen LogP contribution is 2.28. The largest absolute Gasteiger partial charge is 0.422 e. The number of hydrogen-bond donors (Lipinski definition) is 1. The molecule has 1 saturated heterocycles. The lowest BCUT2D eigenvalue weighted by Gasteiger charge is -2.37. The topological polar surface area (TPSA) is 62.8 Å². The Balaban J connectivity index is 1.56. The minimum absolute atomic E-state index is 0.320.